The third-order valence-corrected chi connectivity index (χ3v) is 5.84. The van der Waals surface area contributed by atoms with Gasteiger partial charge in [0.1, 0.15) is 5.82 Å². The first kappa shape index (κ1) is 18.2. The number of hydrogen-bond acceptors (Lipinski definition) is 3. The van der Waals surface area contributed by atoms with E-state index in [1.165, 1.54) is 0 Å². The van der Waals surface area contributed by atoms with Crippen LogP contribution in [0.15, 0.2) is 48.5 Å². The first-order chi connectivity index (χ1) is 13.6. The highest BCUT2D eigenvalue weighted by Gasteiger charge is 2.31. The number of nitrogens with one attached hydrogen (secondary N) is 2. The molecule has 0 bridgehead atoms. The Hall–Kier alpha value is -3.13. The Morgan fingerprint density at radius 1 is 1.21 bits per heavy atom. The number of fused-ring (bicyclic) bond motifs is 1. The number of nitriles is 1. The van der Waals surface area contributed by atoms with Gasteiger partial charge in [0.25, 0.3) is 0 Å². The van der Waals surface area contributed by atoms with Crippen LogP contribution in [0.2, 0.25) is 0 Å². The first-order valence-electron chi connectivity index (χ1n) is 9.87. The topological polar surface area (TPSA) is 81.6 Å². The van der Waals surface area contributed by atoms with E-state index in [1.807, 2.05) is 18.2 Å². The van der Waals surface area contributed by atoms with Crippen LogP contribution in [-0.4, -0.2) is 15.9 Å². The molecule has 1 fully saturated rings. The highest BCUT2D eigenvalue weighted by molar-refractivity contribution is 5.90. The summed E-state index contributed by atoms with van der Waals surface area (Å²) in [6.07, 6.45) is 3.67. The molecule has 0 spiro atoms. The quantitative estimate of drug-likeness (QED) is 0.677. The van der Waals surface area contributed by atoms with Crippen LogP contribution >= 0.6 is 0 Å². The lowest BCUT2D eigenvalue weighted by atomic mass is 9.73. The summed E-state index contributed by atoms with van der Waals surface area (Å²) in [6.45, 7) is 2.28. The molecule has 1 heterocycles. The van der Waals surface area contributed by atoms with Crippen LogP contribution in [-0.2, 0) is 4.79 Å². The van der Waals surface area contributed by atoms with Crippen LogP contribution in [0, 0.1) is 23.2 Å². The Morgan fingerprint density at radius 3 is 2.75 bits per heavy atom. The Bertz CT molecular complexity index is 982. The second kappa shape index (κ2) is 7.85. The predicted molar refractivity (Wildman–Crippen MR) is 110 cm³/mol. The second-order valence-electron chi connectivity index (χ2n) is 7.84. The molecule has 1 aliphatic carbocycles. The lowest BCUT2D eigenvalue weighted by Crippen LogP contribution is -2.26. The first-order valence-corrected chi connectivity index (χ1v) is 9.87. The maximum Gasteiger partial charge on any atom is 0.224 e. The van der Waals surface area contributed by atoms with Gasteiger partial charge in [0.15, 0.2) is 0 Å². The SMILES string of the molecule is CC1CC[C@@H](CC(=O)Nc2ccc(C#N)cc2)C[C@H]1c1nc2ccccc2[nH]1. The van der Waals surface area contributed by atoms with E-state index in [4.69, 9.17) is 10.2 Å². The number of imidazole rings is 1. The van der Waals surface area contributed by atoms with Crippen molar-refractivity contribution in [2.45, 2.75) is 38.5 Å². The lowest BCUT2D eigenvalue weighted by Gasteiger charge is -2.33. The minimum Gasteiger partial charge on any atom is -0.342 e. The summed E-state index contributed by atoms with van der Waals surface area (Å²) in [4.78, 5) is 20.8. The molecule has 28 heavy (non-hydrogen) atoms. The number of para-hydroxylation sites is 2. The van der Waals surface area contributed by atoms with Crippen molar-refractivity contribution in [2.24, 2.45) is 11.8 Å². The lowest BCUT2D eigenvalue weighted by molar-refractivity contribution is -0.117. The normalized spacial score (nSPS) is 21.9. The molecule has 2 N–H and O–H groups in total. The van der Waals surface area contributed by atoms with Crippen LogP contribution in [0.4, 0.5) is 5.69 Å². The number of amides is 1. The Balaban J connectivity index is 1.41. The average Bonchev–Trinajstić information content (AvgIpc) is 3.14. The van der Waals surface area contributed by atoms with E-state index in [-0.39, 0.29) is 5.91 Å². The van der Waals surface area contributed by atoms with Crippen LogP contribution in [0.3, 0.4) is 0 Å². The van der Waals surface area contributed by atoms with Crippen LogP contribution in [0.1, 0.15) is 49.9 Å². The highest BCUT2D eigenvalue weighted by atomic mass is 16.1. The van der Waals surface area contributed by atoms with Gasteiger partial charge in [-0.3, -0.25) is 4.79 Å². The van der Waals surface area contributed by atoms with Crippen molar-refractivity contribution in [2.75, 3.05) is 5.32 Å². The number of benzene rings is 2. The number of carbonyl (C=O) groups excluding carboxylic acids is 1. The number of rotatable bonds is 4. The van der Waals surface area contributed by atoms with Crippen molar-refractivity contribution in [1.29, 1.82) is 5.26 Å². The van der Waals surface area contributed by atoms with Gasteiger partial charge in [0.2, 0.25) is 5.91 Å². The smallest absolute Gasteiger partial charge is 0.224 e. The number of anilines is 1. The van der Waals surface area contributed by atoms with Crippen molar-refractivity contribution < 1.29 is 4.79 Å². The zero-order valence-electron chi connectivity index (χ0n) is 16.0. The third-order valence-electron chi connectivity index (χ3n) is 5.84. The molecule has 1 saturated carbocycles. The van der Waals surface area contributed by atoms with Gasteiger partial charge in [-0.1, -0.05) is 19.1 Å². The zero-order chi connectivity index (χ0) is 19.5. The number of nitrogens with zero attached hydrogens (tertiary/aromatic N) is 2. The summed E-state index contributed by atoms with van der Waals surface area (Å²) in [5.74, 6) is 2.35. The van der Waals surface area contributed by atoms with Crippen molar-refractivity contribution in [3.63, 3.8) is 0 Å². The monoisotopic (exact) mass is 372 g/mol. The number of aromatic nitrogens is 2. The van der Waals surface area contributed by atoms with Crippen LogP contribution < -0.4 is 5.32 Å². The third kappa shape index (κ3) is 3.91. The predicted octanol–water partition coefficient (Wildman–Crippen LogP) is 4.98. The number of hydrogen-bond donors (Lipinski definition) is 2. The number of H-pyrrole nitrogens is 1. The Kier molecular flexibility index (Phi) is 5.12. The molecule has 142 valence electrons. The maximum absolute atomic E-state index is 12.5. The van der Waals surface area contributed by atoms with Gasteiger partial charge in [0.05, 0.1) is 22.7 Å². The fraction of sp³-hybridized carbons (Fsp3) is 0.348. The molecule has 1 aliphatic rings. The zero-order valence-corrected chi connectivity index (χ0v) is 16.0. The fourth-order valence-electron chi connectivity index (χ4n) is 4.23. The van der Waals surface area contributed by atoms with Gasteiger partial charge in [-0.05, 0) is 67.5 Å². The van der Waals surface area contributed by atoms with E-state index in [0.717, 1.165) is 41.8 Å². The molecule has 1 unspecified atom stereocenters. The van der Waals surface area contributed by atoms with Gasteiger partial charge in [-0.15, -0.1) is 0 Å². The van der Waals surface area contributed by atoms with Gasteiger partial charge in [0, 0.05) is 18.0 Å². The van der Waals surface area contributed by atoms with E-state index in [1.54, 1.807) is 24.3 Å². The molecule has 4 rings (SSSR count). The molecule has 5 nitrogen and oxygen atoms in total. The van der Waals surface area contributed by atoms with E-state index in [0.29, 0.717) is 29.7 Å². The van der Waals surface area contributed by atoms with E-state index >= 15 is 0 Å². The molecule has 5 heteroatoms. The number of carbonyl (C=O) groups is 1. The molecule has 0 aliphatic heterocycles. The molecule has 0 saturated heterocycles. The molecular weight excluding hydrogens is 348 g/mol. The Morgan fingerprint density at radius 2 is 2.00 bits per heavy atom. The van der Waals surface area contributed by atoms with Crippen molar-refractivity contribution >= 4 is 22.6 Å². The van der Waals surface area contributed by atoms with Gasteiger partial charge in [-0.25, -0.2) is 4.98 Å². The van der Waals surface area contributed by atoms with Gasteiger partial charge >= 0.3 is 0 Å². The van der Waals surface area contributed by atoms with Gasteiger partial charge < -0.3 is 10.3 Å². The Labute approximate surface area is 164 Å². The molecule has 1 amide bonds. The molecular formula is C23H24N4O. The van der Waals surface area contributed by atoms with E-state index < -0.39 is 0 Å². The summed E-state index contributed by atoms with van der Waals surface area (Å²) in [5, 5.41) is 11.8. The minimum atomic E-state index is 0.0348. The minimum absolute atomic E-state index is 0.0348. The largest absolute Gasteiger partial charge is 0.342 e. The highest BCUT2D eigenvalue weighted by Crippen LogP contribution is 2.41. The number of aromatic amines is 1. The summed E-state index contributed by atoms with van der Waals surface area (Å²) in [6, 6.07) is 17.2. The molecule has 1 aromatic heterocycles. The summed E-state index contributed by atoms with van der Waals surface area (Å²) < 4.78 is 0. The average molecular weight is 372 g/mol. The molecule has 0 radical (unpaired) electrons. The second-order valence-corrected chi connectivity index (χ2v) is 7.84. The van der Waals surface area contributed by atoms with E-state index in [9.17, 15) is 4.79 Å². The van der Waals surface area contributed by atoms with E-state index in [2.05, 4.69) is 29.4 Å². The molecule has 3 aromatic rings. The van der Waals surface area contributed by atoms with Crippen LogP contribution in [0.5, 0.6) is 0 Å². The maximum atomic E-state index is 12.5. The summed E-state index contributed by atoms with van der Waals surface area (Å²) in [7, 11) is 0. The molecule has 2 aromatic carbocycles. The molecule has 3 atom stereocenters. The van der Waals surface area contributed by atoms with Crippen molar-refractivity contribution in [1.82, 2.24) is 9.97 Å². The van der Waals surface area contributed by atoms with Crippen LogP contribution in [0.25, 0.3) is 11.0 Å². The van der Waals surface area contributed by atoms with Crippen molar-refractivity contribution in [3.05, 3.63) is 59.9 Å². The summed E-state index contributed by atoms with van der Waals surface area (Å²) in [5.41, 5.74) is 3.41. The standard InChI is InChI=1S/C23H24N4O/c1-15-6-7-17(13-22(28)25-18-10-8-16(14-24)9-11-18)12-19(15)23-26-20-4-2-3-5-21(20)27-23/h2-5,8-11,15,17,19H,6-7,12-13H2,1H3,(H,25,28)(H,26,27)/t15?,17-,19-/m1/s1. The van der Waals surface area contributed by atoms with Crippen molar-refractivity contribution in [3.8, 4) is 6.07 Å². The summed E-state index contributed by atoms with van der Waals surface area (Å²) >= 11 is 0. The fourth-order valence-corrected chi connectivity index (χ4v) is 4.23. The van der Waals surface area contributed by atoms with Gasteiger partial charge in [-0.2, -0.15) is 5.26 Å².